The molecule has 3 heteroatoms. The number of aliphatic hydroxyl groups excluding tert-OH is 1. The van der Waals surface area contributed by atoms with Crippen molar-refractivity contribution in [3.63, 3.8) is 0 Å². The van der Waals surface area contributed by atoms with E-state index in [-0.39, 0.29) is 0 Å². The summed E-state index contributed by atoms with van der Waals surface area (Å²) in [5.74, 6) is 0.577. The van der Waals surface area contributed by atoms with Crippen LogP contribution >= 0.6 is 22.7 Å². The zero-order chi connectivity index (χ0) is 14.1. The van der Waals surface area contributed by atoms with E-state index in [1.165, 1.54) is 15.0 Å². The largest absolute Gasteiger partial charge is 0.383 e. The highest BCUT2D eigenvalue weighted by molar-refractivity contribution is 7.26. The SMILES string of the molecule is CCC(C)c1ccc(C(O)c2cc3sccc3s2)cc1. The maximum absolute atomic E-state index is 10.5. The maximum atomic E-state index is 10.5. The Morgan fingerprint density at radius 2 is 1.75 bits per heavy atom. The molecule has 0 bridgehead atoms. The molecule has 104 valence electrons. The van der Waals surface area contributed by atoms with Crippen LogP contribution in [0, 0.1) is 0 Å². The van der Waals surface area contributed by atoms with E-state index in [0.29, 0.717) is 5.92 Å². The summed E-state index contributed by atoms with van der Waals surface area (Å²) >= 11 is 3.41. The van der Waals surface area contributed by atoms with Crippen molar-refractivity contribution < 1.29 is 5.11 Å². The first-order chi connectivity index (χ1) is 9.69. The van der Waals surface area contributed by atoms with Crippen LogP contribution in [0.4, 0.5) is 0 Å². The van der Waals surface area contributed by atoms with Gasteiger partial charge in [0.2, 0.25) is 0 Å². The van der Waals surface area contributed by atoms with Gasteiger partial charge in [-0.3, -0.25) is 0 Å². The van der Waals surface area contributed by atoms with E-state index in [9.17, 15) is 5.11 Å². The summed E-state index contributed by atoms with van der Waals surface area (Å²) in [7, 11) is 0. The van der Waals surface area contributed by atoms with Crippen molar-refractivity contribution in [1.82, 2.24) is 0 Å². The molecule has 20 heavy (non-hydrogen) atoms. The van der Waals surface area contributed by atoms with E-state index in [2.05, 4.69) is 55.6 Å². The highest BCUT2D eigenvalue weighted by Gasteiger charge is 2.14. The number of hydrogen-bond acceptors (Lipinski definition) is 3. The fraction of sp³-hybridized carbons (Fsp3) is 0.294. The van der Waals surface area contributed by atoms with Crippen LogP contribution in [0.25, 0.3) is 9.40 Å². The Kier molecular flexibility index (Phi) is 3.92. The molecule has 0 spiro atoms. The number of benzene rings is 1. The molecule has 0 aliphatic carbocycles. The fourth-order valence-electron chi connectivity index (χ4n) is 2.33. The van der Waals surface area contributed by atoms with Crippen LogP contribution in [0.2, 0.25) is 0 Å². The molecule has 1 aromatic carbocycles. The van der Waals surface area contributed by atoms with E-state index in [0.717, 1.165) is 16.9 Å². The first-order valence-corrected chi connectivity index (χ1v) is 8.63. The summed E-state index contributed by atoms with van der Waals surface area (Å²) in [6.07, 6.45) is 0.633. The minimum atomic E-state index is -0.509. The normalized spacial score (nSPS) is 14.6. The Bertz CT molecular complexity index is 665. The smallest absolute Gasteiger partial charge is 0.113 e. The van der Waals surface area contributed by atoms with Gasteiger partial charge < -0.3 is 5.11 Å². The number of rotatable bonds is 4. The van der Waals surface area contributed by atoms with Crippen molar-refractivity contribution in [2.24, 2.45) is 0 Å². The van der Waals surface area contributed by atoms with Gasteiger partial charge in [0.15, 0.2) is 0 Å². The van der Waals surface area contributed by atoms with Crippen molar-refractivity contribution in [2.45, 2.75) is 32.3 Å². The molecule has 0 aliphatic rings. The molecule has 0 aliphatic heterocycles. The summed E-state index contributed by atoms with van der Waals surface area (Å²) in [4.78, 5) is 1.03. The second kappa shape index (κ2) is 5.68. The monoisotopic (exact) mass is 302 g/mol. The molecule has 3 aromatic rings. The highest BCUT2D eigenvalue weighted by Crippen LogP contribution is 2.36. The Hall–Kier alpha value is -1.16. The third kappa shape index (κ3) is 2.53. The Balaban J connectivity index is 1.86. The van der Waals surface area contributed by atoms with E-state index in [1.54, 1.807) is 22.7 Å². The first-order valence-electron chi connectivity index (χ1n) is 6.94. The topological polar surface area (TPSA) is 20.2 Å². The number of thiophene rings is 2. The second-order valence-electron chi connectivity index (χ2n) is 5.18. The van der Waals surface area contributed by atoms with Gasteiger partial charge in [-0.1, -0.05) is 38.1 Å². The van der Waals surface area contributed by atoms with Crippen LogP contribution in [0.3, 0.4) is 0 Å². The third-order valence-electron chi connectivity index (χ3n) is 3.86. The number of fused-ring (bicyclic) bond motifs is 1. The second-order valence-corrected chi connectivity index (χ2v) is 7.24. The molecule has 2 aromatic heterocycles. The molecule has 1 nitrogen and oxygen atoms in total. The first kappa shape index (κ1) is 13.8. The van der Waals surface area contributed by atoms with Crippen LogP contribution in [-0.2, 0) is 0 Å². The molecule has 0 fully saturated rings. The van der Waals surface area contributed by atoms with Crippen molar-refractivity contribution in [3.05, 3.63) is 57.8 Å². The van der Waals surface area contributed by atoms with Crippen LogP contribution in [0.15, 0.2) is 41.8 Å². The molecule has 0 amide bonds. The molecular formula is C17H18OS2. The van der Waals surface area contributed by atoms with E-state index in [4.69, 9.17) is 0 Å². The van der Waals surface area contributed by atoms with Crippen LogP contribution in [-0.4, -0.2) is 5.11 Å². The summed E-state index contributed by atoms with van der Waals surface area (Å²) < 4.78 is 2.53. The highest BCUT2D eigenvalue weighted by atomic mass is 32.1. The Labute approximate surface area is 127 Å². The van der Waals surface area contributed by atoms with Gasteiger partial charge in [0.05, 0.1) is 0 Å². The van der Waals surface area contributed by atoms with Gasteiger partial charge in [-0.15, -0.1) is 22.7 Å². The van der Waals surface area contributed by atoms with E-state index < -0.39 is 6.10 Å². The van der Waals surface area contributed by atoms with Crippen molar-refractivity contribution in [2.75, 3.05) is 0 Å². The van der Waals surface area contributed by atoms with E-state index >= 15 is 0 Å². The zero-order valence-electron chi connectivity index (χ0n) is 11.7. The molecule has 0 saturated carbocycles. The molecular weight excluding hydrogens is 284 g/mol. The molecule has 2 unspecified atom stereocenters. The average molecular weight is 302 g/mol. The standard InChI is InChI=1S/C17H18OS2/c1-3-11(2)12-4-6-13(7-5-12)17(18)16-10-15-14(20-16)8-9-19-15/h4-11,17-18H,3H2,1-2H3. The third-order valence-corrected chi connectivity index (χ3v) is 6.01. The Morgan fingerprint density at radius 3 is 2.40 bits per heavy atom. The van der Waals surface area contributed by atoms with Crippen LogP contribution < -0.4 is 0 Å². The maximum Gasteiger partial charge on any atom is 0.113 e. The molecule has 3 rings (SSSR count). The summed E-state index contributed by atoms with van der Waals surface area (Å²) in [5, 5.41) is 12.6. The zero-order valence-corrected chi connectivity index (χ0v) is 13.3. The van der Waals surface area contributed by atoms with Gasteiger partial charge in [-0.2, -0.15) is 0 Å². The van der Waals surface area contributed by atoms with Crippen LogP contribution in [0.5, 0.6) is 0 Å². The predicted octanol–water partition coefficient (Wildman–Crippen LogP) is 5.56. The summed E-state index contributed by atoms with van der Waals surface area (Å²) in [6.45, 7) is 4.44. The van der Waals surface area contributed by atoms with Crippen molar-refractivity contribution >= 4 is 32.1 Å². The van der Waals surface area contributed by atoms with Gasteiger partial charge in [-0.05, 0) is 41.0 Å². The van der Waals surface area contributed by atoms with Crippen LogP contribution in [0.1, 0.15) is 48.3 Å². The lowest BCUT2D eigenvalue weighted by atomic mass is 9.96. The van der Waals surface area contributed by atoms with Crippen molar-refractivity contribution in [3.8, 4) is 0 Å². The molecule has 2 atom stereocenters. The van der Waals surface area contributed by atoms with Gasteiger partial charge in [0, 0.05) is 14.3 Å². The lowest BCUT2D eigenvalue weighted by molar-refractivity contribution is 0.224. The molecule has 0 saturated heterocycles. The van der Waals surface area contributed by atoms with Gasteiger partial charge in [0.25, 0.3) is 0 Å². The lowest BCUT2D eigenvalue weighted by Crippen LogP contribution is -1.98. The quantitative estimate of drug-likeness (QED) is 0.669. The number of hydrogen-bond donors (Lipinski definition) is 1. The van der Waals surface area contributed by atoms with Gasteiger partial charge in [-0.25, -0.2) is 0 Å². The molecule has 1 N–H and O–H groups in total. The number of aliphatic hydroxyl groups is 1. The fourth-order valence-corrected chi connectivity index (χ4v) is 4.46. The summed E-state index contributed by atoms with van der Waals surface area (Å²) in [5.41, 5.74) is 2.32. The van der Waals surface area contributed by atoms with E-state index in [1.807, 2.05) is 0 Å². The van der Waals surface area contributed by atoms with Gasteiger partial charge >= 0.3 is 0 Å². The summed E-state index contributed by atoms with van der Waals surface area (Å²) in [6, 6.07) is 12.6. The minimum absolute atomic E-state index is 0.509. The lowest BCUT2D eigenvalue weighted by Gasteiger charge is -2.12. The molecule has 2 heterocycles. The average Bonchev–Trinajstić information content (AvgIpc) is 3.07. The predicted molar refractivity (Wildman–Crippen MR) is 88.9 cm³/mol. The minimum Gasteiger partial charge on any atom is -0.383 e. The molecule has 0 radical (unpaired) electrons. The Morgan fingerprint density at radius 1 is 1.05 bits per heavy atom. The van der Waals surface area contributed by atoms with Crippen molar-refractivity contribution in [1.29, 1.82) is 0 Å². The van der Waals surface area contributed by atoms with Gasteiger partial charge in [0.1, 0.15) is 6.10 Å².